The van der Waals surface area contributed by atoms with Crippen LogP contribution in [0.3, 0.4) is 0 Å². The predicted molar refractivity (Wildman–Crippen MR) is 77.8 cm³/mol. The molecule has 2 rings (SSSR count). The third-order valence-corrected chi connectivity index (χ3v) is 3.75. The maximum absolute atomic E-state index is 15.2. The zero-order valence-corrected chi connectivity index (χ0v) is 13.4. The number of amides is 1. The lowest BCUT2D eigenvalue weighted by atomic mass is 9.88. The van der Waals surface area contributed by atoms with E-state index >= 15 is 4.39 Å². The van der Waals surface area contributed by atoms with Crippen molar-refractivity contribution in [3.8, 4) is 0 Å². The number of likely N-dealkylation sites (tertiary alicyclic amines) is 1. The van der Waals surface area contributed by atoms with E-state index in [1.54, 1.807) is 22.8 Å². The van der Waals surface area contributed by atoms with Gasteiger partial charge in [-0.1, -0.05) is 0 Å². The number of carbonyl (C=O) groups excluding carboxylic acids is 1. The van der Waals surface area contributed by atoms with Crippen molar-refractivity contribution in [3.05, 3.63) is 17.5 Å². The number of ether oxygens (including phenoxy) is 1. The lowest BCUT2D eigenvalue weighted by Crippen LogP contribution is -2.46. The molecule has 1 aliphatic heterocycles. The molecule has 1 amide bonds. The van der Waals surface area contributed by atoms with Crippen LogP contribution in [0.2, 0.25) is 0 Å². The van der Waals surface area contributed by atoms with E-state index in [9.17, 15) is 4.79 Å². The Morgan fingerprint density at radius 1 is 1.38 bits per heavy atom. The van der Waals surface area contributed by atoms with Crippen LogP contribution in [0.25, 0.3) is 0 Å². The van der Waals surface area contributed by atoms with E-state index in [0.29, 0.717) is 18.8 Å². The van der Waals surface area contributed by atoms with Crippen molar-refractivity contribution in [2.75, 3.05) is 13.1 Å². The molecule has 21 heavy (non-hydrogen) atoms. The Bertz CT molecular complexity index is 506. The molecule has 0 spiro atoms. The Morgan fingerprint density at radius 2 is 1.95 bits per heavy atom. The number of hydrogen-bond donors (Lipinski definition) is 0. The van der Waals surface area contributed by atoms with Gasteiger partial charge < -0.3 is 9.64 Å². The zero-order valence-electron chi connectivity index (χ0n) is 13.4. The van der Waals surface area contributed by atoms with E-state index in [1.807, 2.05) is 27.7 Å². The molecule has 0 N–H and O–H groups in total. The molecule has 118 valence electrons. The van der Waals surface area contributed by atoms with Crippen LogP contribution < -0.4 is 0 Å². The van der Waals surface area contributed by atoms with E-state index in [-0.39, 0.29) is 18.9 Å². The van der Waals surface area contributed by atoms with Crippen molar-refractivity contribution in [2.45, 2.75) is 51.8 Å². The number of aryl methyl sites for hydroxylation is 2. The molecule has 5 nitrogen and oxygen atoms in total. The minimum Gasteiger partial charge on any atom is -0.444 e. The number of alkyl halides is 1. The molecule has 1 aromatic rings. The minimum atomic E-state index is -1.42. The number of hydrogen-bond acceptors (Lipinski definition) is 3. The summed E-state index contributed by atoms with van der Waals surface area (Å²) in [6, 6.07) is 0. The predicted octanol–water partition coefficient (Wildman–Crippen LogP) is 2.92. The molecule has 6 heteroatoms. The van der Waals surface area contributed by atoms with Crippen molar-refractivity contribution >= 4 is 6.09 Å². The zero-order chi connectivity index (χ0) is 15.8. The van der Waals surface area contributed by atoms with Crippen LogP contribution in [-0.4, -0.2) is 39.5 Å². The fraction of sp³-hybridized carbons (Fsp3) is 0.733. The first-order valence-electron chi connectivity index (χ1n) is 7.28. The van der Waals surface area contributed by atoms with Gasteiger partial charge >= 0.3 is 6.09 Å². The van der Waals surface area contributed by atoms with Gasteiger partial charge in [0.15, 0.2) is 5.67 Å². The Morgan fingerprint density at radius 3 is 2.38 bits per heavy atom. The summed E-state index contributed by atoms with van der Waals surface area (Å²) in [5.74, 6) is 0. The summed E-state index contributed by atoms with van der Waals surface area (Å²) in [6.45, 7) is 8.06. The monoisotopic (exact) mass is 297 g/mol. The molecule has 1 fully saturated rings. The molecule has 0 saturated carbocycles. The highest BCUT2D eigenvalue weighted by atomic mass is 19.1. The van der Waals surface area contributed by atoms with E-state index in [4.69, 9.17) is 4.74 Å². The summed E-state index contributed by atoms with van der Waals surface area (Å²) in [7, 11) is 1.75. The SMILES string of the molecule is Cc1cnn(C)c1C1(F)CCN(C(=O)OC(C)(C)C)CC1. The van der Waals surface area contributed by atoms with E-state index in [0.717, 1.165) is 5.56 Å². The van der Waals surface area contributed by atoms with Crippen molar-refractivity contribution in [1.82, 2.24) is 14.7 Å². The van der Waals surface area contributed by atoms with Crippen LogP contribution in [0.1, 0.15) is 44.9 Å². The summed E-state index contributed by atoms with van der Waals surface area (Å²) in [4.78, 5) is 13.6. The van der Waals surface area contributed by atoms with Gasteiger partial charge in [-0.05, 0) is 33.3 Å². The third-order valence-electron chi connectivity index (χ3n) is 3.75. The number of piperidine rings is 1. The molecule has 0 atom stereocenters. The first-order chi connectivity index (χ1) is 9.62. The van der Waals surface area contributed by atoms with Crippen molar-refractivity contribution < 1.29 is 13.9 Å². The highest BCUT2D eigenvalue weighted by Gasteiger charge is 2.41. The lowest BCUT2D eigenvalue weighted by molar-refractivity contribution is 0.000344. The molecule has 1 saturated heterocycles. The lowest BCUT2D eigenvalue weighted by Gasteiger charge is -2.37. The number of halogens is 1. The second-order valence-electron chi connectivity index (χ2n) is 6.73. The Hall–Kier alpha value is -1.59. The van der Waals surface area contributed by atoms with Gasteiger partial charge in [-0.2, -0.15) is 5.10 Å². The maximum atomic E-state index is 15.2. The van der Waals surface area contributed by atoms with Crippen LogP contribution in [0, 0.1) is 6.92 Å². The van der Waals surface area contributed by atoms with E-state index in [2.05, 4.69) is 5.10 Å². The number of aromatic nitrogens is 2. The van der Waals surface area contributed by atoms with Crippen molar-refractivity contribution in [3.63, 3.8) is 0 Å². The van der Waals surface area contributed by atoms with Crippen LogP contribution in [-0.2, 0) is 17.5 Å². The molecule has 0 aliphatic carbocycles. The van der Waals surface area contributed by atoms with Gasteiger partial charge in [0.1, 0.15) is 5.60 Å². The third kappa shape index (κ3) is 3.36. The number of rotatable bonds is 1. The number of carbonyl (C=O) groups is 1. The van der Waals surface area contributed by atoms with Gasteiger partial charge in [0.2, 0.25) is 0 Å². The van der Waals surface area contributed by atoms with Gasteiger partial charge in [-0.25, -0.2) is 9.18 Å². The highest BCUT2D eigenvalue weighted by Crippen LogP contribution is 2.38. The Labute approximate surface area is 125 Å². The van der Waals surface area contributed by atoms with Crippen LogP contribution in [0.4, 0.5) is 9.18 Å². The smallest absolute Gasteiger partial charge is 0.410 e. The summed E-state index contributed by atoms with van der Waals surface area (Å²) in [5, 5.41) is 4.11. The first-order valence-corrected chi connectivity index (χ1v) is 7.28. The summed E-state index contributed by atoms with van der Waals surface area (Å²) < 4.78 is 22.1. The molecule has 0 unspecified atom stereocenters. The quantitative estimate of drug-likeness (QED) is 0.800. The fourth-order valence-corrected chi connectivity index (χ4v) is 2.80. The summed E-state index contributed by atoms with van der Waals surface area (Å²) in [5.41, 5.74) is -0.481. The average molecular weight is 297 g/mol. The van der Waals surface area contributed by atoms with E-state index < -0.39 is 11.3 Å². The molecule has 0 radical (unpaired) electrons. The second kappa shape index (κ2) is 5.31. The molecule has 1 aromatic heterocycles. The molecular formula is C15H24FN3O2. The fourth-order valence-electron chi connectivity index (χ4n) is 2.80. The average Bonchev–Trinajstić information content (AvgIpc) is 2.68. The van der Waals surface area contributed by atoms with Crippen molar-refractivity contribution in [2.24, 2.45) is 7.05 Å². The van der Waals surface area contributed by atoms with Gasteiger partial charge in [0.25, 0.3) is 0 Å². The Kier molecular flexibility index (Phi) is 4.00. The van der Waals surface area contributed by atoms with Gasteiger partial charge in [-0.15, -0.1) is 0 Å². The standard InChI is InChI=1S/C15H24FN3O2/c1-11-10-17-18(5)12(11)15(16)6-8-19(9-7-15)13(20)21-14(2,3)4/h10H,6-9H2,1-5H3. The summed E-state index contributed by atoms with van der Waals surface area (Å²) in [6.07, 6.45) is 1.85. The molecule has 0 bridgehead atoms. The van der Waals surface area contributed by atoms with E-state index in [1.165, 1.54) is 0 Å². The van der Waals surface area contributed by atoms with Gasteiger partial charge in [0, 0.05) is 33.0 Å². The molecule has 1 aliphatic rings. The topological polar surface area (TPSA) is 47.4 Å². The summed E-state index contributed by atoms with van der Waals surface area (Å²) >= 11 is 0. The Balaban J connectivity index is 2.05. The first kappa shape index (κ1) is 15.8. The second-order valence-corrected chi connectivity index (χ2v) is 6.73. The highest BCUT2D eigenvalue weighted by molar-refractivity contribution is 5.68. The van der Waals surface area contributed by atoms with Crippen LogP contribution >= 0.6 is 0 Å². The van der Waals surface area contributed by atoms with Gasteiger partial charge in [-0.3, -0.25) is 4.68 Å². The van der Waals surface area contributed by atoms with Gasteiger partial charge in [0.05, 0.1) is 11.9 Å². The molecule has 0 aromatic carbocycles. The maximum Gasteiger partial charge on any atom is 0.410 e. The minimum absolute atomic E-state index is 0.270. The van der Waals surface area contributed by atoms with Crippen molar-refractivity contribution in [1.29, 1.82) is 0 Å². The largest absolute Gasteiger partial charge is 0.444 e. The van der Waals surface area contributed by atoms with Crippen LogP contribution in [0.15, 0.2) is 6.20 Å². The molecule has 2 heterocycles. The molecular weight excluding hydrogens is 273 g/mol. The van der Waals surface area contributed by atoms with Crippen LogP contribution in [0.5, 0.6) is 0 Å². The number of nitrogens with zero attached hydrogens (tertiary/aromatic N) is 3. The normalized spacial score (nSPS) is 18.7.